The van der Waals surface area contributed by atoms with Crippen molar-refractivity contribution in [1.29, 1.82) is 0 Å². The van der Waals surface area contributed by atoms with Gasteiger partial charge in [-0.3, -0.25) is 4.79 Å². The van der Waals surface area contributed by atoms with Crippen LogP contribution in [0, 0.1) is 6.07 Å². The highest BCUT2D eigenvalue weighted by atomic mass is 16.1. The van der Waals surface area contributed by atoms with Crippen LogP contribution in [0.1, 0.15) is 49.1 Å². The molecule has 1 amide bonds. The van der Waals surface area contributed by atoms with E-state index < -0.39 is 0 Å². The largest absolute Gasteiger partial charge is 0.369 e. The predicted octanol–water partition coefficient (Wildman–Crippen LogP) is 2.56. The summed E-state index contributed by atoms with van der Waals surface area (Å²) in [5.41, 5.74) is 7.56. The van der Waals surface area contributed by atoms with E-state index in [4.69, 9.17) is 5.73 Å². The number of primary amides is 1. The van der Waals surface area contributed by atoms with Crippen molar-refractivity contribution in [3.05, 3.63) is 35.4 Å². The first kappa shape index (κ1) is 11.2. The number of amides is 1. The summed E-state index contributed by atoms with van der Waals surface area (Å²) < 4.78 is 0. The van der Waals surface area contributed by atoms with E-state index in [9.17, 15) is 4.79 Å². The Morgan fingerprint density at radius 2 is 2.12 bits per heavy atom. The average Bonchev–Trinajstić information content (AvgIpc) is 2.30. The van der Waals surface area contributed by atoms with Crippen molar-refractivity contribution < 1.29 is 4.79 Å². The van der Waals surface area contributed by atoms with Crippen LogP contribution in [-0.2, 0) is 11.2 Å². The minimum absolute atomic E-state index is 0.253. The van der Waals surface area contributed by atoms with E-state index in [1.54, 1.807) is 0 Å². The van der Waals surface area contributed by atoms with Crippen molar-refractivity contribution in [3.63, 3.8) is 0 Å². The third-order valence-electron chi connectivity index (χ3n) is 3.36. The molecular formula is C14H18NO. The summed E-state index contributed by atoms with van der Waals surface area (Å²) in [6.45, 7) is 0. The van der Waals surface area contributed by atoms with Crippen molar-refractivity contribution in [2.24, 2.45) is 5.73 Å². The van der Waals surface area contributed by atoms with E-state index in [1.165, 1.54) is 37.7 Å². The van der Waals surface area contributed by atoms with Crippen LogP contribution in [0.15, 0.2) is 18.2 Å². The molecule has 0 saturated heterocycles. The van der Waals surface area contributed by atoms with Crippen LogP contribution in [0.4, 0.5) is 0 Å². The first-order chi connectivity index (χ1) is 7.77. The quantitative estimate of drug-likeness (QED) is 0.829. The molecule has 1 fully saturated rings. The summed E-state index contributed by atoms with van der Waals surface area (Å²) in [7, 11) is 0. The second kappa shape index (κ2) is 5.15. The number of rotatable bonds is 3. The summed E-state index contributed by atoms with van der Waals surface area (Å²) >= 11 is 0. The molecule has 85 valence electrons. The van der Waals surface area contributed by atoms with E-state index in [1.807, 2.05) is 18.2 Å². The molecule has 0 unspecified atom stereocenters. The number of nitrogens with two attached hydrogens (primary N) is 1. The Morgan fingerprint density at radius 1 is 1.38 bits per heavy atom. The number of carbonyl (C=O) groups excluding carboxylic acids is 1. The number of carbonyl (C=O) groups is 1. The van der Waals surface area contributed by atoms with Gasteiger partial charge in [0.15, 0.2) is 0 Å². The molecule has 2 N–H and O–H groups in total. The summed E-state index contributed by atoms with van der Waals surface area (Å²) in [5, 5.41) is 0. The van der Waals surface area contributed by atoms with Gasteiger partial charge in [0.1, 0.15) is 0 Å². The van der Waals surface area contributed by atoms with Gasteiger partial charge >= 0.3 is 0 Å². The van der Waals surface area contributed by atoms with Crippen molar-refractivity contribution >= 4 is 5.91 Å². The third kappa shape index (κ3) is 2.63. The Labute approximate surface area is 96.8 Å². The maximum Gasteiger partial charge on any atom is 0.221 e. The second-order valence-corrected chi connectivity index (χ2v) is 4.59. The fraction of sp³-hybridized carbons (Fsp3) is 0.500. The van der Waals surface area contributed by atoms with Crippen LogP contribution in [0.2, 0.25) is 0 Å². The van der Waals surface area contributed by atoms with E-state index in [-0.39, 0.29) is 5.91 Å². The highest BCUT2D eigenvalue weighted by molar-refractivity contribution is 5.77. The molecule has 0 aliphatic heterocycles. The molecule has 0 heterocycles. The van der Waals surface area contributed by atoms with Crippen LogP contribution in [0.3, 0.4) is 0 Å². The van der Waals surface area contributed by atoms with E-state index >= 15 is 0 Å². The fourth-order valence-electron chi connectivity index (χ4n) is 2.60. The molecule has 0 aromatic heterocycles. The van der Waals surface area contributed by atoms with Crippen molar-refractivity contribution in [2.75, 3.05) is 0 Å². The Hall–Kier alpha value is -1.31. The maximum absolute atomic E-state index is 11.0. The van der Waals surface area contributed by atoms with Gasteiger partial charge in [-0.2, -0.15) is 0 Å². The van der Waals surface area contributed by atoms with Gasteiger partial charge < -0.3 is 5.73 Å². The highest BCUT2D eigenvalue weighted by Crippen LogP contribution is 2.34. The van der Waals surface area contributed by atoms with Crippen LogP contribution in [-0.4, -0.2) is 5.91 Å². The van der Waals surface area contributed by atoms with Gasteiger partial charge in [-0.15, -0.1) is 0 Å². The van der Waals surface area contributed by atoms with Crippen molar-refractivity contribution in [2.45, 2.75) is 44.4 Å². The fourth-order valence-corrected chi connectivity index (χ4v) is 2.60. The maximum atomic E-state index is 11.0. The van der Waals surface area contributed by atoms with Gasteiger partial charge in [0.2, 0.25) is 5.91 Å². The zero-order chi connectivity index (χ0) is 11.4. The highest BCUT2D eigenvalue weighted by Gasteiger charge is 2.18. The first-order valence-corrected chi connectivity index (χ1v) is 6.05. The topological polar surface area (TPSA) is 43.1 Å². The molecule has 1 aliphatic rings. The van der Waals surface area contributed by atoms with Crippen molar-refractivity contribution in [3.8, 4) is 0 Å². The molecule has 0 bridgehead atoms. The minimum Gasteiger partial charge on any atom is -0.369 e. The lowest BCUT2D eigenvalue weighted by Gasteiger charge is -2.23. The number of benzene rings is 1. The Balaban J connectivity index is 2.20. The van der Waals surface area contributed by atoms with Gasteiger partial charge in [-0.05, 0) is 36.0 Å². The summed E-state index contributed by atoms with van der Waals surface area (Å²) in [5.74, 6) is 0.334. The second-order valence-electron chi connectivity index (χ2n) is 4.59. The van der Waals surface area contributed by atoms with Crippen molar-refractivity contribution in [1.82, 2.24) is 0 Å². The molecular weight excluding hydrogens is 198 g/mol. The van der Waals surface area contributed by atoms with Crippen LogP contribution >= 0.6 is 0 Å². The van der Waals surface area contributed by atoms with Crippen LogP contribution in [0.25, 0.3) is 0 Å². The average molecular weight is 216 g/mol. The standard InChI is InChI=1S/C14H18NO/c15-14(16)10-12-8-4-5-9-13(12)11-6-2-1-3-7-11/h4-5,8,11H,1-3,6-7,10H2,(H2,15,16). The van der Waals surface area contributed by atoms with Gasteiger partial charge in [-0.1, -0.05) is 37.5 Å². The molecule has 0 spiro atoms. The summed E-state index contributed by atoms with van der Waals surface area (Å²) in [6.07, 6.45) is 6.74. The first-order valence-electron chi connectivity index (χ1n) is 6.05. The Morgan fingerprint density at radius 3 is 2.81 bits per heavy atom. The number of hydrogen-bond donors (Lipinski definition) is 1. The van der Waals surface area contributed by atoms with Gasteiger partial charge in [0.05, 0.1) is 6.42 Å². The molecule has 1 aliphatic carbocycles. The Bertz CT molecular complexity index is 367. The van der Waals surface area contributed by atoms with E-state index in [0.717, 1.165) is 5.56 Å². The predicted molar refractivity (Wildman–Crippen MR) is 64.0 cm³/mol. The third-order valence-corrected chi connectivity index (χ3v) is 3.36. The van der Waals surface area contributed by atoms with Gasteiger partial charge in [0, 0.05) is 0 Å². The molecule has 1 radical (unpaired) electrons. The summed E-state index contributed by atoms with van der Waals surface area (Å²) in [6, 6.07) is 9.18. The lowest BCUT2D eigenvalue weighted by molar-refractivity contribution is -0.117. The van der Waals surface area contributed by atoms with Gasteiger partial charge in [-0.25, -0.2) is 0 Å². The number of hydrogen-bond acceptors (Lipinski definition) is 1. The Kier molecular flexibility index (Phi) is 3.60. The molecule has 2 rings (SSSR count). The van der Waals surface area contributed by atoms with E-state index in [0.29, 0.717) is 12.3 Å². The molecule has 2 nitrogen and oxygen atoms in total. The van der Waals surface area contributed by atoms with E-state index in [2.05, 4.69) is 6.07 Å². The molecule has 0 atom stereocenters. The van der Waals surface area contributed by atoms with Gasteiger partial charge in [0.25, 0.3) is 0 Å². The monoisotopic (exact) mass is 216 g/mol. The zero-order valence-electron chi connectivity index (χ0n) is 9.54. The minimum atomic E-state index is -0.253. The molecule has 1 aromatic rings. The zero-order valence-corrected chi connectivity index (χ0v) is 9.54. The lowest BCUT2D eigenvalue weighted by Crippen LogP contribution is -2.16. The van der Waals surface area contributed by atoms with Crippen LogP contribution < -0.4 is 5.73 Å². The lowest BCUT2D eigenvalue weighted by atomic mass is 9.81. The smallest absolute Gasteiger partial charge is 0.221 e. The molecule has 16 heavy (non-hydrogen) atoms. The summed E-state index contributed by atoms with van der Waals surface area (Å²) in [4.78, 5) is 11.0. The molecule has 1 saturated carbocycles. The normalized spacial score (nSPS) is 17.2. The molecule has 2 heteroatoms. The van der Waals surface area contributed by atoms with Crippen LogP contribution in [0.5, 0.6) is 0 Å². The SMILES string of the molecule is NC(=O)Cc1ccc[c]c1C1CCCCC1. The molecule has 1 aromatic carbocycles.